The molecule has 0 fully saturated rings. The zero-order valence-electron chi connectivity index (χ0n) is 9.53. The topological polar surface area (TPSA) is 45.2 Å². The summed E-state index contributed by atoms with van der Waals surface area (Å²) in [5, 5.41) is 3.29. The summed E-state index contributed by atoms with van der Waals surface area (Å²) in [6.45, 7) is 1.59. The zero-order chi connectivity index (χ0) is 12.0. The number of nitrogens with zero attached hydrogens (tertiary/aromatic N) is 2. The molecule has 0 saturated carbocycles. The van der Waals surface area contributed by atoms with Crippen molar-refractivity contribution in [2.24, 2.45) is 0 Å². The van der Waals surface area contributed by atoms with Crippen LogP contribution in [0.25, 0.3) is 0 Å². The first-order chi connectivity index (χ1) is 7.66. The molecule has 1 N–H and O–H groups in total. The van der Waals surface area contributed by atoms with Crippen molar-refractivity contribution in [2.45, 2.75) is 6.42 Å². The predicted molar refractivity (Wildman–Crippen MR) is 64.8 cm³/mol. The Kier molecular flexibility index (Phi) is 5.22. The van der Waals surface area contributed by atoms with E-state index < -0.39 is 0 Å². The van der Waals surface area contributed by atoms with Gasteiger partial charge in [-0.25, -0.2) is 4.98 Å². The molecule has 0 atom stereocenters. The molecule has 5 heteroatoms. The second-order valence-electron chi connectivity index (χ2n) is 3.53. The first-order valence-electron chi connectivity index (χ1n) is 5.17. The van der Waals surface area contributed by atoms with Crippen molar-refractivity contribution < 1.29 is 4.79 Å². The van der Waals surface area contributed by atoms with Crippen molar-refractivity contribution >= 4 is 17.5 Å². The molecule has 0 aliphatic rings. The summed E-state index contributed by atoms with van der Waals surface area (Å²) < 4.78 is 0. The highest BCUT2D eigenvalue weighted by atomic mass is 35.5. The van der Waals surface area contributed by atoms with Gasteiger partial charge in [-0.1, -0.05) is 11.6 Å². The Morgan fingerprint density at radius 1 is 1.62 bits per heavy atom. The van der Waals surface area contributed by atoms with Crippen LogP contribution < -0.4 is 5.32 Å². The Bertz CT molecular complexity index is 357. The van der Waals surface area contributed by atoms with Crippen LogP contribution in [0.3, 0.4) is 0 Å². The SMILES string of the molecule is CNCCCN(C)C(=O)c1cccnc1Cl. The average molecular weight is 242 g/mol. The highest BCUT2D eigenvalue weighted by Gasteiger charge is 2.14. The van der Waals surface area contributed by atoms with Gasteiger partial charge in [-0.15, -0.1) is 0 Å². The number of carbonyl (C=O) groups is 1. The van der Waals surface area contributed by atoms with Crippen LogP contribution in [0.5, 0.6) is 0 Å². The molecule has 4 nitrogen and oxygen atoms in total. The number of nitrogens with one attached hydrogen (secondary N) is 1. The van der Waals surface area contributed by atoms with Crippen LogP contribution in [0.1, 0.15) is 16.8 Å². The van der Waals surface area contributed by atoms with Gasteiger partial charge in [-0.3, -0.25) is 4.79 Å². The molecule has 1 rings (SSSR count). The first kappa shape index (κ1) is 12.9. The molecule has 0 spiro atoms. The molecule has 1 aromatic heterocycles. The third kappa shape index (κ3) is 3.47. The molecule has 0 aromatic carbocycles. The van der Waals surface area contributed by atoms with E-state index in [0.29, 0.717) is 12.1 Å². The molecule has 0 saturated heterocycles. The van der Waals surface area contributed by atoms with Crippen LogP contribution in [0.15, 0.2) is 18.3 Å². The minimum Gasteiger partial charge on any atom is -0.342 e. The number of halogens is 1. The van der Waals surface area contributed by atoms with E-state index in [1.807, 2.05) is 7.05 Å². The summed E-state index contributed by atoms with van der Waals surface area (Å²) in [4.78, 5) is 17.5. The van der Waals surface area contributed by atoms with Gasteiger partial charge in [0, 0.05) is 19.8 Å². The molecule has 16 heavy (non-hydrogen) atoms. The summed E-state index contributed by atoms with van der Waals surface area (Å²) in [5.74, 6) is -0.0887. The van der Waals surface area contributed by atoms with E-state index in [0.717, 1.165) is 13.0 Å². The summed E-state index contributed by atoms with van der Waals surface area (Å²) in [7, 11) is 3.65. The number of pyridine rings is 1. The number of amides is 1. The Labute approximate surface area is 101 Å². The molecule has 0 aliphatic heterocycles. The fourth-order valence-corrected chi connectivity index (χ4v) is 1.55. The minimum absolute atomic E-state index is 0.0887. The number of rotatable bonds is 5. The van der Waals surface area contributed by atoms with E-state index in [1.54, 1.807) is 30.3 Å². The number of hydrogen-bond donors (Lipinski definition) is 1. The molecule has 0 bridgehead atoms. The number of hydrogen-bond acceptors (Lipinski definition) is 3. The maximum atomic E-state index is 11.9. The van der Waals surface area contributed by atoms with Gasteiger partial charge >= 0.3 is 0 Å². The molecule has 1 amide bonds. The van der Waals surface area contributed by atoms with Gasteiger partial charge in [0.05, 0.1) is 5.56 Å². The molecule has 0 aliphatic carbocycles. The van der Waals surface area contributed by atoms with E-state index in [2.05, 4.69) is 10.3 Å². The Hall–Kier alpha value is -1.13. The molecule has 1 heterocycles. The molecular weight excluding hydrogens is 226 g/mol. The number of carbonyl (C=O) groups excluding carboxylic acids is 1. The highest BCUT2D eigenvalue weighted by Crippen LogP contribution is 2.13. The fraction of sp³-hybridized carbons (Fsp3) is 0.455. The van der Waals surface area contributed by atoms with Gasteiger partial charge in [0.15, 0.2) is 0 Å². The normalized spacial score (nSPS) is 10.2. The average Bonchev–Trinajstić information content (AvgIpc) is 2.29. The van der Waals surface area contributed by atoms with E-state index in [4.69, 9.17) is 11.6 Å². The van der Waals surface area contributed by atoms with Crippen LogP contribution >= 0.6 is 11.6 Å². The van der Waals surface area contributed by atoms with Crippen molar-refractivity contribution in [3.8, 4) is 0 Å². The number of aromatic nitrogens is 1. The molecule has 0 unspecified atom stereocenters. The van der Waals surface area contributed by atoms with Crippen molar-refractivity contribution in [1.29, 1.82) is 0 Å². The smallest absolute Gasteiger partial charge is 0.256 e. The van der Waals surface area contributed by atoms with Crippen molar-refractivity contribution in [1.82, 2.24) is 15.2 Å². The maximum absolute atomic E-state index is 11.9. The predicted octanol–water partition coefficient (Wildman–Crippen LogP) is 1.42. The van der Waals surface area contributed by atoms with E-state index in [-0.39, 0.29) is 11.1 Å². The molecule has 1 aromatic rings. The second-order valence-corrected chi connectivity index (χ2v) is 3.88. The van der Waals surface area contributed by atoms with Crippen LogP contribution in [-0.4, -0.2) is 43.0 Å². The van der Waals surface area contributed by atoms with E-state index in [9.17, 15) is 4.79 Å². The first-order valence-corrected chi connectivity index (χ1v) is 5.55. The summed E-state index contributed by atoms with van der Waals surface area (Å²) >= 11 is 5.85. The van der Waals surface area contributed by atoms with Crippen molar-refractivity contribution in [3.05, 3.63) is 29.0 Å². The Morgan fingerprint density at radius 2 is 2.38 bits per heavy atom. The fourth-order valence-electron chi connectivity index (χ4n) is 1.35. The van der Waals surface area contributed by atoms with E-state index in [1.165, 1.54) is 0 Å². The molecule has 0 radical (unpaired) electrons. The molecule has 88 valence electrons. The van der Waals surface area contributed by atoms with Gasteiger partial charge in [0.1, 0.15) is 5.15 Å². The van der Waals surface area contributed by atoms with E-state index >= 15 is 0 Å². The molecular formula is C11H16ClN3O. The van der Waals surface area contributed by atoms with Crippen LogP contribution in [0.4, 0.5) is 0 Å². The lowest BCUT2D eigenvalue weighted by atomic mass is 10.2. The standard InChI is InChI=1S/C11H16ClN3O/c1-13-6-4-8-15(2)11(16)9-5-3-7-14-10(9)12/h3,5,7,13H,4,6,8H2,1-2H3. The van der Waals surface area contributed by atoms with Gasteiger partial charge < -0.3 is 10.2 Å². The third-order valence-corrected chi connectivity index (χ3v) is 2.56. The van der Waals surface area contributed by atoms with Crippen LogP contribution in [0.2, 0.25) is 5.15 Å². The maximum Gasteiger partial charge on any atom is 0.256 e. The van der Waals surface area contributed by atoms with Gasteiger partial charge in [-0.2, -0.15) is 0 Å². The van der Waals surface area contributed by atoms with Gasteiger partial charge in [0.2, 0.25) is 0 Å². The largest absolute Gasteiger partial charge is 0.342 e. The third-order valence-electron chi connectivity index (χ3n) is 2.26. The minimum atomic E-state index is -0.0887. The lowest BCUT2D eigenvalue weighted by molar-refractivity contribution is 0.0793. The van der Waals surface area contributed by atoms with Gasteiger partial charge in [0.25, 0.3) is 5.91 Å². The second kappa shape index (κ2) is 6.45. The summed E-state index contributed by atoms with van der Waals surface area (Å²) in [6.07, 6.45) is 2.48. The monoisotopic (exact) mass is 241 g/mol. The lowest BCUT2D eigenvalue weighted by Gasteiger charge is -2.17. The Balaban J connectivity index is 2.60. The highest BCUT2D eigenvalue weighted by molar-refractivity contribution is 6.32. The Morgan fingerprint density at radius 3 is 3.00 bits per heavy atom. The quantitative estimate of drug-likeness (QED) is 0.627. The van der Waals surface area contributed by atoms with Crippen LogP contribution in [0, 0.1) is 0 Å². The zero-order valence-corrected chi connectivity index (χ0v) is 10.3. The van der Waals surface area contributed by atoms with Crippen LogP contribution in [-0.2, 0) is 0 Å². The summed E-state index contributed by atoms with van der Waals surface area (Å²) in [5.41, 5.74) is 0.455. The van der Waals surface area contributed by atoms with Crippen molar-refractivity contribution in [2.75, 3.05) is 27.2 Å². The summed E-state index contributed by atoms with van der Waals surface area (Å²) in [6, 6.07) is 3.40. The van der Waals surface area contributed by atoms with Gasteiger partial charge in [-0.05, 0) is 32.1 Å². The lowest BCUT2D eigenvalue weighted by Crippen LogP contribution is -2.29. The van der Waals surface area contributed by atoms with Crippen molar-refractivity contribution in [3.63, 3.8) is 0 Å².